The second kappa shape index (κ2) is 6.48. The van der Waals surface area contributed by atoms with Crippen LogP contribution in [0.5, 0.6) is 5.75 Å². The Labute approximate surface area is 178 Å². The zero-order valence-corrected chi connectivity index (χ0v) is 16.5. The van der Waals surface area contributed by atoms with Crippen molar-refractivity contribution in [3.63, 3.8) is 0 Å². The number of carbonyl (C=O) groups excluding carboxylic acids is 4. The van der Waals surface area contributed by atoms with E-state index >= 15 is 0 Å². The average molecular weight is 413 g/mol. The van der Waals surface area contributed by atoms with Gasteiger partial charge in [0.25, 0.3) is 0 Å². The monoisotopic (exact) mass is 413 g/mol. The predicted molar refractivity (Wildman–Crippen MR) is 110 cm³/mol. The summed E-state index contributed by atoms with van der Waals surface area (Å²) in [7, 11) is 0. The van der Waals surface area contributed by atoms with Crippen molar-refractivity contribution >= 4 is 29.8 Å². The highest BCUT2D eigenvalue weighted by Gasteiger charge is 2.67. The van der Waals surface area contributed by atoms with Crippen LogP contribution in [0.15, 0.2) is 60.7 Å². The molecule has 5 aliphatic rings. The molecule has 7 rings (SSSR count). The lowest BCUT2D eigenvalue weighted by Crippen LogP contribution is -2.40. The minimum absolute atomic E-state index is 0.148. The van der Waals surface area contributed by atoms with Crippen LogP contribution < -0.4 is 9.64 Å². The van der Waals surface area contributed by atoms with Crippen LogP contribution in [0.3, 0.4) is 0 Å². The van der Waals surface area contributed by atoms with Gasteiger partial charge in [-0.3, -0.25) is 14.4 Å². The van der Waals surface area contributed by atoms with Gasteiger partial charge < -0.3 is 4.74 Å². The highest BCUT2D eigenvalue weighted by atomic mass is 16.5. The number of esters is 1. The number of hydrogen-bond acceptors (Lipinski definition) is 5. The topological polar surface area (TPSA) is 80.8 Å². The van der Waals surface area contributed by atoms with Crippen molar-refractivity contribution < 1.29 is 23.9 Å². The van der Waals surface area contributed by atoms with E-state index in [1.54, 1.807) is 36.4 Å². The maximum atomic E-state index is 13.3. The summed E-state index contributed by atoms with van der Waals surface area (Å²) in [6, 6.07) is 12.8. The van der Waals surface area contributed by atoms with Gasteiger partial charge in [0, 0.05) is 0 Å². The first-order valence-corrected chi connectivity index (χ1v) is 10.5. The number of anilines is 1. The summed E-state index contributed by atoms with van der Waals surface area (Å²) in [5, 5.41) is 0. The van der Waals surface area contributed by atoms with Gasteiger partial charge in [-0.25, -0.2) is 9.69 Å². The van der Waals surface area contributed by atoms with Gasteiger partial charge in [0.1, 0.15) is 5.75 Å². The number of ether oxygens (including phenoxy) is 1. The van der Waals surface area contributed by atoms with Crippen molar-refractivity contribution in [3.8, 4) is 5.75 Å². The first-order valence-electron chi connectivity index (χ1n) is 10.5. The van der Waals surface area contributed by atoms with E-state index in [1.165, 1.54) is 17.0 Å². The molecule has 2 amide bonds. The highest BCUT2D eigenvalue weighted by Crippen LogP contribution is 2.65. The summed E-state index contributed by atoms with van der Waals surface area (Å²) < 4.78 is 5.38. The third-order valence-corrected chi connectivity index (χ3v) is 7.25. The molecule has 2 aromatic rings. The summed E-state index contributed by atoms with van der Waals surface area (Å²) >= 11 is 0. The lowest BCUT2D eigenvalue weighted by molar-refractivity contribution is -0.124. The fourth-order valence-corrected chi connectivity index (χ4v) is 5.81. The quantitative estimate of drug-likeness (QED) is 0.253. The first kappa shape index (κ1) is 18.2. The number of aldehydes is 1. The van der Waals surface area contributed by atoms with E-state index in [1.807, 2.05) is 0 Å². The molecule has 154 valence electrons. The number of carbonyl (C=O) groups is 4. The molecule has 3 fully saturated rings. The summed E-state index contributed by atoms with van der Waals surface area (Å²) in [6.07, 6.45) is 5.99. The van der Waals surface area contributed by atoms with Gasteiger partial charge >= 0.3 is 5.97 Å². The molecule has 1 heterocycles. The van der Waals surface area contributed by atoms with Gasteiger partial charge in [-0.1, -0.05) is 30.4 Å². The SMILES string of the molecule is O=Cc1ccccc1OC(=O)c1cccc(N2C(=O)[C@@H]3[C@@H]4C=C[C@H]([C@H]5C[C@H]45)[C@@H]3C2=O)c1. The van der Waals surface area contributed by atoms with Gasteiger partial charge in [-0.2, -0.15) is 0 Å². The smallest absolute Gasteiger partial charge is 0.343 e. The Morgan fingerprint density at radius 2 is 1.61 bits per heavy atom. The fraction of sp³-hybridized carbons (Fsp3) is 0.280. The summed E-state index contributed by atoms with van der Waals surface area (Å²) in [5.74, 6) is -0.0522. The fourth-order valence-electron chi connectivity index (χ4n) is 5.81. The maximum absolute atomic E-state index is 13.3. The van der Waals surface area contributed by atoms with E-state index in [0.717, 1.165) is 6.42 Å². The number of amides is 2. The number of allylic oxidation sites excluding steroid dienone is 2. The molecule has 6 heteroatoms. The van der Waals surface area contributed by atoms with Crippen LogP contribution in [0.2, 0.25) is 0 Å². The van der Waals surface area contributed by atoms with E-state index in [-0.39, 0.29) is 52.4 Å². The van der Waals surface area contributed by atoms with Crippen LogP contribution in [0, 0.1) is 35.5 Å². The zero-order chi connectivity index (χ0) is 21.3. The van der Waals surface area contributed by atoms with E-state index < -0.39 is 5.97 Å². The molecule has 6 nitrogen and oxygen atoms in total. The summed E-state index contributed by atoms with van der Waals surface area (Å²) in [4.78, 5) is 51.7. The second-order valence-electron chi connectivity index (χ2n) is 8.76. The molecule has 0 aromatic heterocycles. The predicted octanol–water partition coefficient (Wildman–Crippen LogP) is 3.28. The highest BCUT2D eigenvalue weighted by molar-refractivity contribution is 6.23. The van der Waals surface area contributed by atoms with E-state index in [0.29, 0.717) is 23.8 Å². The van der Waals surface area contributed by atoms with Crippen molar-refractivity contribution in [1.29, 1.82) is 0 Å². The Hall–Kier alpha value is -3.54. The first-order chi connectivity index (χ1) is 15.1. The Morgan fingerprint density at radius 3 is 2.29 bits per heavy atom. The normalized spacial score (nSPS) is 31.9. The largest absolute Gasteiger partial charge is 0.422 e. The molecule has 2 saturated carbocycles. The molecule has 0 unspecified atom stereocenters. The van der Waals surface area contributed by atoms with Crippen LogP contribution >= 0.6 is 0 Å². The van der Waals surface area contributed by atoms with Crippen molar-refractivity contribution in [1.82, 2.24) is 0 Å². The minimum Gasteiger partial charge on any atom is -0.422 e. The van der Waals surface area contributed by atoms with Crippen molar-refractivity contribution in [2.24, 2.45) is 35.5 Å². The Balaban J connectivity index is 1.29. The van der Waals surface area contributed by atoms with E-state index in [9.17, 15) is 19.2 Å². The van der Waals surface area contributed by atoms with Crippen molar-refractivity contribution in [3.05, 3.63) is 71.8 Å². The van der Waals surface area contributed by atoms with Gasteiger partial charge in [0.05, 0.1) is 28.7 Å². The van der Waals surface area contributed by atoms with Gasteiger partial charge in [0.15, 0.2) is 6.29 Å². The Morgan fingerprint density at radius 1 is 0.935 bits per heavy atom. The van der Waals surface area contributed by atoms with E-state index in [4.69, 9.17) is 4.74 Å². The standard InChI is InChI=1S/C25H19NO5/c27-12-14-4-1-2-7-20(14)31-25(30)13-5-3-6-15(10-13)26-23(28)21-16-8-9-17(19-11-18(16)19)22(21)24(26)29/h1-10,12,16-19,21-22H,11H2/t16-,17-,18-,19-,21-,22+/m1/s1. The number of hydrogen-bond donors (Lipinski definition) is 0. The van der Waals surface area contributed by atoms with Crippen LogP contribution in [0.25, 0.3) is 0 Å². The molecule has 31 heavy (non-hydrogen) atoms. The molecule has 6 atom stereocenters. The number of imide groups is 1. The van der Waals surface area contributed by atoms with Crippen LogP contribution in [0.1, 0.15) is 27.1 Å². The zero-order valence-electron chi connectivity index (χ0n) is 16.5. The van der Waals surface area contributed by atoms with Crippen molar-refractivity contribution in [2.45, 2.75) is 6.42 Å². The van der Waals surface area contributed by atoms with Crippen molar-refractivity contribution in [2.75, 3.05) is 4.90 Å². The average Bonchev–Trinajstić information content (AvgIpc) is 3.57. The molecule has 0 radical (unpaired) electrons. The molecule has 4 aliphatic carbocycles. The lowest BCUT2D eigenvalue weighted by Gasteiger charge is -2.37. The van der Waals surface area contributed by atoms with Crippen LogP contribution in [-0.2, 0) is 9.59 Å². The molecule has 1 saturated heterocycles. The number of para-hydroxylation sites is 1. The summed E-state index contributed by atoms with van der Waals surface area (Å²) in [6.45, 7) is 0. The van der Waals surface area contributed by atoms with Gasteiger partial charge in [0.2, 0.25) is 11.8 Å². The molecular weight excluding hydrogens is 394 g/mol. The molecule has 2 bridgehead atoms. The minimum atomic E-state index is -0.657. The van der Waals surface area contributed by atoms with Crippen LogP contribution in [0.4, 0.5) is 5.69 Å². The molecule has 1 aliphatic heterocycles. The van der Waals surface area contributed by atoms with Crippen LogP contribution in [-0.4, -0.2) is 24.1 Å². The molecule has 0 spiro atoms. The molecule has 0 N–H and O–H groups in total. The second-order valence-corrected chi connectivity index (χ2v) is 8.76. The third-order valence-electron chi connectivity index (χ3n) is 7.25. The third kappa shape index (κ3) is 2.57. The van der Waals surface area contributed by atoms with E-state index in [2.05, 4.69) is 12.2 Å². The number of nitrogens with zero attached hydrogens (tertiary/aromatic N) is 1. The summed E-state index contributed by atoms with van der Waals surface area (Å²) in [5.41, 5.74) is 0.857. The number of rotatable bonds is 4. The lowest BCUT2D eigenvalue weighted by atomic mass is 9.63. The maximum Gasteiger partial charge on any atom is 0.343 e. The Kier molecular flexibility index (Phi) is 3.81. The molecular formula is C25H19NO5. The molecule has 2 aromatic carbocycles. The number of benzene rings is 2. The Bertz CT molecular complexity index is 1150. The van der Waals surface area contributed by atoms with Gasteiger partial charge in [-0.15, -0.1) is 0 Å². The van der Waals surface area contributed by atoms with Gasteiger partial charge in [-0.05, 0) is 60.4 Å².